The molecule has 0 aliphatic carbocycles. The van der Waals surface area contributed by atoms with E-state index < -0.39 is 0 Å². The maximum atomic E-state index is 13.0. The van der Waals surface area contributed by atoms with Crippen molar-refractivity contribution in [3.05, 3.63) is 64.8 Å². The van der Waals surface area contributed by atoms with Crippen LogP contribution in [0.1, 0.15) is 48.0 Å². The van der Waals surface area contributed by atoms with Gasteiger partial charge in [0.25, 0.3) is 5.91 Å². The first-order valence-corrected chi connectivity index (χ1v) is 9.04. The largest absolute Gasteiger partial charge is 0.508 e. The fourth-order valence-corrected chi connectivity index (χ4v) is 3.60. The number of fused-ring (bicyclic) bond motifs is 2. The van der Waals surface area contributed by atoms with Gasteiger partial charge in [0.05, 0.1) is 0 Å². The average Bonchev–Trinajstić information content (AvgIpc) is 3.02. The number of hydrogen-bond donors (Lipinski definition) is 2. The SMILES string of the molecule is CC(C)(C)c1ccc2cc(C(=O)N3CCc4ccc(O)cc4C3)[nH]c2c1. The Bertz CT molecular complexity index is 995. The fraction of sp³-hybridized carbons (Fsp3) is 0.318. The van der Waals surface area contributed by atoms with Crippen molar-refractivity contribution in [3.8, 4) is 5.75 Å². The molecule has 1 aliphatic rings. The van der Waals surface area contributed by atoms with Gasteiger partial charge in [0.2, 0.25) is 0 Å². The molecule has 26 heavy (non-hydrogen) atoms. The van der Waals surface area contributed by atoms with Crippen LogP contribution in [0.4, 0.5) is 0 Å². The highest BCUT2D eigenvalue weighted by Gasteiger charge is 2.23. The van der Waals surface area contributed by atoms with Gasteiger partial charge < -0.3 is 15.0 Å². The summed E-state index contributed by atoms with van der Waals surface area (Å²) in [7, 11) is 0. The normalized spacial score (nSPS) is 14.5. The Labute approximate surface area is 153 Å². The van der Waals surface area contributed by atoms with Crippen molar-refractivity contribution in [2.75, 3.05) is 6.54 Å². The summed E-state index contributed by atoms with van der Waals surface area (Å²) in [5.74, 6) is 0.255. The van der Waals surface area contributed by atoms with Crippen molar-refractivity contribution in [2.45, 2.75) is 39.2 Å². The number of phenolic OH excluding ortho intramolecular Hbond substituents is 1. The summed E-state index contributed by atoms with van der Waals surface area (Å²) in [6.45, 7) is 7.78. The minimum absolute atomic E-state index is 0.00695. The minimum atomic E-state index is 0.00695. The number of hydrogen-bond acceptors (Lipinski definition) is 2. The number of aromatic nitrogens is 1. The lowest BCUT2D eigenvalue weighted by atomic mass is 9.87. The molecule has 0 unspecified atom stereocenters. The van der Waals surface area contributed by atoms with E-state index >= 15 is 0 Å². The van der Waals surface area contributed by atoms with Gasteiger partial charge in [-0.25, -0.2) is 0 Å². The van der Waals surface area contributed by atoms with Crippen molar-refractivity contribution < 1.29 is 9.90 Å². The van der Waals surface area contributed by atoms with E-state index in [4.69, 9.17) is 0 Å². The van der Waals surface area contributed by atoms with E-state index in [9.17, 15) is 9.90 Å². The third-order valence-electron chi connectivity index (χ3n) is 5.21. The molecule has 0 saturated heterocycles. The van der Waals surface area contributed by atoms with Crippen LogP contribution in [0, 0.1) is 0 Å². The first-order chi connectivity index (χ1) is 12.3. The number of carbonyl (C=O) groups is 1. The van der Waals surface area contributed by atoms with Crippen LogP contribution in [-0.2, 0) is 18.4 Å². The molecule has 0 bridgehead atoms. The number of phenols is 1. The highest BCUT2D eigenvalue weighted by molar-refractivity contribution is 5.98. The predicted molar refractivity (Wildman–Crippen MR) is 104 cm³/mol. The lowest BCUT2D eigenvalue weighted by Gasteiger charge is -2.28. The minimum Gasteiger partial charge on any atom is -0.508 e. The first-order valence-electron chi connectivity index (χ1n) is 9.04. The van der Waals surface area contributed by atoms with Crippen LogP contribution in [0.25, 0.3) is 10.9 Å². The van der Waals surface area contributed by atoms with Crippen LogP contribution in [0.2, 0.25) is 0 Å². The molecule has 1 amide bonds. The quantitative estimate of drug-likeness (QED) is 0.686. The smallest absolute Gasteiger partial charge is 0.270 e. The van der Waals surface area contributed by atoms with E-state index in [-0.39, 0.29) is 17.1 Å². The molecular formula is C22H24N2O2. The van der Waals surface area contributed by atoms with E-state index in [1.807, 2.05) is 17.0 Å². The number of aromatic hydroxyl groups is 1. The number of nitrogens with one attached hydrogen (secondary N) is 1. The van der Waals surface area contributed by atoms with Gasteiger partial charge >= 0.3 is 0 Å². The molecule has 134 valence electrons. The van der Waals surface area contributed by atoms with Crippen molar-refractivity contribution in [1.29, 1.82) is 0 Å². The van der Waals surface area contributed by atoms with Gasteiger partial charge in [0.1, 0.15) is 11.4 Å². The number of carbonyl (C=O) groups excluding carboxylic acids is 1. The second-order valence-electron chi connectivity index (χ2n) is 8.16. The monoisotopic (exact) mass is 348 g/mol. The molecule has 4 nitrogen and oxygen atoms in total. The first kappa shape index (κ1) is 16.7. The zero-order chi connectivity index (χ0) is 18.5. The van der Waals surface area contributed by atoms with Crippen molar-refractivity contribution in [1.82, 2.24) is 9.88 Å². The number of aromatic amines is 1. The van der Waals surface area contributed by atoms with Crippen LogP contribution in [0.3, 0.4) is 0 Å². The maximum Gasteiger partial charge on any atom is 0.270 e. The Morgan fingerprint density at radius 3 is 2.65 bits per heavy atom. The Balaban J connectivity index is 1.62. The van der Waals surface area contributed by atoms with Crippen molar-refractivity contribution in [3.63, 3.8) is 0 Å². The molecule has 2 N–H and O–H groups in total. The molecule has 4 rings (SSSR count). The number of rotatable bonds is 1. The highest BCUT2D eigenvalue weighted by atomic mass is 16.3. The molecular weight excluding hydrogens is 324 g/mol. The van der Waals surface area contributed by atoms with E-state index in [1.54, 1.807) is 12.1 Å². The summed E-state index contributed by atoms with van der Waals surface area (Å²) >= 11 is 0. The highest BCUT2D eigenvalue weighted by Crippen LogP contribution is 2.28. The number of nitrogens with zero attached hydrogens (tertiary/aromatic N) is 1. The van der Waals surface area contributed by atoms with Gasteiger partial charge in [-0.2, -0.15) is 0 Å². The summed E-state index contributed by atoms with van der Waals surface area (Å²) < 4.78 is 0. The number of H-pyrrole nitrogens is 1. The summed E-state index contributed by atoms with van der Waals surface area (Å²) in [6.07, 6.45) is 0.815. The Morgan fingerprint density at radius 1 is 1.08 bits per heavy atom. The van der Waals surface area contributed by atoms with Gasteiger partial charge in [-0.1, -0.05) is 39.0 Å². The molecule has 0 spiro atoms. The lowest BCUT2D eigenvalue weighted by Crippen LogP contribution is -2.36. The van der Waals surface area contributed by atoms with Crippen LogP contribution in [0.15, 0.2) is 42.5 Å². The molecule has 2 heterocycles. The van der Waals surface area contributed by atoms with Crippen LogP contribution in [0.5, 0.6) is 5.75 Å². The third kappa shape index (κ3) is 2.96. The van der Waals surface area contributed by atoms with Gasteiger partial charge in [-0.15, -0.1) is 0 Å². The molecule has 4 heteroatoms. The summed E-state index contributed by atoms with van der Waals surface area (Å²) in [5, 5.41) is 10.8. The van der Waals surface area contributed by atoms with E-state index in [0.29, 0.717) is 18.8 Å². The second-order valence-corrected chi connectivity index (χ2v) is 8.16. The molecule has 0 radical (unpaired) electrons. The van der Waals surface area contributed by atoms with Gasteiger partial charge in [0, 0.05) is 24.0 Å². The lowest BCUT2D eigenvalue weighted by molar-refractivity contribution is 0.0729. The molecule has 1 aromatic heterocycles. The number of amides is 1. The van der Waals surface area contributed by atoms with Gasteiger partial charge in [-0.05, 0) is 52.8 Å². The van der Waals surface area contributed by atoms with Crippen LogP contribution >= 0.6 is 0 Å². The van der Waals surface area contributed by atoms with Crippen molar-refractivity contribution >= 4 is 16.8 Å². The predicted octanol–water partition coefficient (Wildman–Crippen LogP) is 4.37. The maximum absolute atomic E-state index is 13.0. The topological polar surface area (TPSA) is 56.3 Å². The third-order valence-corrected chi connectivity index (χ3v) is 5.21. The zero-order valence-electron chi connectivity index (χ0n) is 15.5. The average molecular weight is 348 g/mol. The Kier molecular flexibility index (Phi) is 3.79. The van der Waals surface area contributed by atoms with E-state index in [2.05, 4.69) is 44.0 Å². The van der Waals surface area contributed by atoms with Crippen LogP contribution < -0.4 is 0 Å². The summed E-state index contributed by atoms with van der Waals surface area (Å²) in [5.41, 5.74) is 5.16. The molecule has 0 saturated carbocycles. The van der Waals surface area contributed by atoms with Gasteiger partial charge in [0.15, 0.2) is 0 Å². The number of benzene rings is 2. The Morgan fingerprint density at radius 2 is 1.88 bits per heavy atom. The van der Waals surface area contributed by atoms with Gasteiger partial charge in [-0.3, -0.25) is 4.79 Å². The van der Waals surface area contributed by atoms with E-state index in [0.717, 1.165) is 22.9 Å². The molecule has 3 aromatic rings. The summed E-state index contributed by atoms with van der Waals surface area (Å²) in [4.78, 5) is 18.1. The standard InChI is InChI=1S/C22H24N2O2/c1-22(2,3)17-6-4-15-11-20(23-19(15)12-17)21(26)24-9-8-14-5-7-18(25)10-16(14)13-24/h4-7,10-12,23,25H,8-9,13H2,1-3H3. The van der Waals surface area contributed by atoms with Crippen LogP contribution in [-0.4, -0.2) is 27.4 Å². The molecule has 0 fully saturated rings. The second kappa shape index (κ2) is 5.90. The van der Waals surface area contributed by atoms with Crippen molar-refractivity contribution in [2.24, 2.45) is 0 Å². The summed E-state index contributed by atoms with van der Waals surface area (Å²) in [6, 6.07) is 13.7. The molecule has 1 aliphatic heterocycles. The molecule has 0 atom stereocenters. The fourth-order valence-electron chi connectivity index (χ4n) is 3.60. The molecule has 2 aromatic carbocycles. The van der Waals surface area contributed by atoms with E-state index in [1.165, 1.54) is 11.1 Å². The Hall–Kier alpha value is -2.75. The zero-order valence-corrected chi connectivity index (χ0v) is 15.5.